The zero-order chi connectivity index (χ0) is 21.7. The number of alkyl halides is 3. The van der Waals surface area contributed by atoms with Crippen LogP contribution in [-0.2, 0) is 11.3 Å². The van der Waals surface area contributed by atoms with Gasteiger partial charge in [-0.3, -0.25) is 4.79 Å². The summed E-state index contributed by atoms with van der Waals surface area (Å²) in [5, 5.41) is 2.21. The SMILES string of the molecule is COc1ccc(NC(=O)C(C)Sc2ncc(-c3ccccc3)n2CC(F)(F)F)cc1. The lowest BCUT2D eigenvalue weighted by atomic mass is 10.2. The number of ether oxygens (including phenoxy) is 1. The molecule has 0 spiro atoms. The number of hydrogen-bond acceptors (Lipinski definition) is 4. The molecule has 1 unspecified atom stereocenters. The standard InChI is InChI=1S/C21H20F3N3O2S/c1-14(19(28)26-16-8-10-17(29-2)11-9-16)30-20-25-12-18(15-6-4-3-5-7-15)27(20)13-21(22,23)24/h3-12,14H,13H2,1-2H3,(H,26,28). The highest BCUT2D eigenvalue weighted by Crippen LogP contribution is 2.32. The fourth-order valence-corrected chi connectivity index (χ4v) is 3.64. The quantitative estimate of drug-likeness (QED) is 0.516. The Morgan fingerprint density at radius 3 is 2.43 bits per heavy atom. The minimum Gasteiger partial charge on any atom is -0.497 e. The molecule has 0 saturated heterocycles. The molecule has 0 saturated carbocycles. The van der Waals surface area contributed by atoms with E-state index in [-0.39, 0.29) is 11.1 Å². The Kier molecular flexibility index (Phi) is 6.71. The molecule has 1 heterocycles. The first kappa shape index (κ1) is 21.8. The molecular weight excluding hydrogens is 415 g/mol. The molecule has 2 aromatic carbocycles. The minimum atomic E-state index is -4.42. The second-order valence-corrected chi connectivity index (χ2v) is 7.78. The number of anilines is 1. The molecule has 1 amide bonds. The molecule has 0 bridgehead atoms. The van der Waals surface area contributed by atoms with Crippen LogP contribution in [0.5, 0.6) is 5.75 Å². The summed E-state index contributed by atoms with van der Waals surface area (Å²) in [6, 6.07) is 15.5. The Hall–Kier alpha value is -2.94. The molecule has 0 aliphatic rings. The van der Waals surface area contributed by atoms with Crippen LogP contribution in [0.25, 0.3) is 11.3 Å². The van der Waals surface area contributed by atoms with E-state index < -0.39 is 18.0 Å². The first-order valence-electron chi connectivity index (χ1n) is 9.06. The van der Waals surface area contributed by atoms with Gasteiger partial charge < -0.3 is 14.6 Å². The van der Waals surface area contributed by atoms with Crippen LogP contribution < -0.4 is 10.1 Å². The maximum Gasteiger partial charge on any atom is 0.406 e. The number of rotatable bonds is 7. The van der Waals surface area contributed by atoms with Crippen molar-refractivity contribution >= 4 is 23.4 Å². The Balaban J connectivity index is 1.79. The monoisotopic (exact) mass is 435 g/mol. The number of carbonyl (C=O) groups is 1. The fraction of sp³-hybridized carbons (Fsp3) is 0.238. The van der Waals surface area contributed by atoms with Gasteiger partial charge in [0, 0.05) is 5.69 Å². The Labute approximate surface area is 176 Å². The second-order valence-electron chi connectivity index (χ2n) is 6.47. The summed E-state index contributed by atoms with van der Waals surface area (Å²) in [7, 11) is 1.54. The van der Waals surface area contributed by atoms with E-state index in [4.69, 9.17) is 4.74 Å². The zero-order valence-electron chi connectivity index (χ0n) is 16.3. The third kappa shape index (κ3) is 5.56. The van der Waals surface area contributed by atoms with Crippen molar-refractivity contribution in [2.75, 3.05) is 12.4 Å². The van der Waals surface area contributed by atoms with Gasteiger partial charge >= 0.3 is 6.18 Å². The number of imidazole rings is 1. The predicted molar refractivity (Wildman–Crippen MR) is 111 cm³/mol. The van der Waals surface area contributed by atoms with E-state index in [1.807, 2.05) is 0 Å². The van der Waals surface area contributed by atoms with Crippen LogP contribution >= 0.6 is 11.8 Å². The van der Waals surface area contributed by atoms with Crippen molar-refractivity contribution in [3.63, 3.8) is 0 Å². The van der Waals surface area contributed by atoms with Crippen LogP contribution in [0.15, 0.2) is 66.0 Å². The number of hydrogen-bond donors (Lipinski definition) is 1. The molecule has 1 N–H and O–H groups in total. The smallest absolute Gasteiger partial charge is 0.406 e. The Morgan fingerprint density at radius 1 is 1.17 bits per heavy atom. The van der Waals surface area contributed by atoms with Crippen LogP contribution in [0.2, 0.25) is 0 Å². The average Bonchev–Trinajstić information content (AvgIpc) is 3.09. The molecule has 0 aliphatic heterocycles. The Bertz CT molecular complexity index is 989. The maximum atomic E-state index is 13.2. The normalized spacial score (nSPS) is 12.4. The summed E-state index contributed by atoms with van der Waals surface area (Å²) >= 11 is 0.977. The molecular formula is C21H20F3N3O2S. The highest BCUT2D eigenvalue weighted by atomic mass is 32.2. The molecule has 1 aromatic heterocycles. The van der Waals surface area contributed by atoms with Gasteiger partial charge in [0.05, 0.1) is 24.3 Å². The molecule has 9 heteroatoms. The van der Waals surface area contributed by atoms with Crippen molar-refractivity contribution in [2.24, 2.45) is 0 Å². The van der Waals surface area contributed by atoms with Crippen molar-refractivity contribution in [3.05, 3.63) is 60.8 Å². The minimum absolute atomic E-state index is 0.128. The van der Waals surface area contributed by atoms with E-state index in [2.05, 4.69) is 10.3 Å². The molecule has 3 rings (SSSR count). The van der Waals surface area contributed by atoms with Gasteiger partial charge in [-0.15, -0.1) is 0 Å². The molecule has 0 fully saturated rings. The second kappa shape index (κ2) is 9.25. The van der Waals surface area contributed by atoms with Crippen molar-refractivity contribution in [3.8, 4) is 17.0 Å². The maximum absolute atomic E-state index is 13.2. The largest absolute Gasteiger partial charge is 0.497 e. The van der Waals surface area contributed by atoms with Gasteiger partial charge in [-0.05, 0) is 36.8 Å². The van der Waals surface area contributed by atoms with E-state index in [1.165, 1.54) is 6.20 Å². The van der Waals surface area contributed by atoms with E-state index in [0.29, 0.717) is 22.7 Å². The van der Waals surface area contributed by atoms with Crippen LogP contribution in [0, 0.1) is 0 Å². The summed E-state index contributed by atoms with van der Waals surface area (Å²) in [6.45, 7) is 0.435. The number of benzene rings is 2. The summed E-state index contributed by atoms with van der Waals surface area (Å²) in [6.07, 6.45) is -3.02. The van der Waals surface area contributed by atoms with E-state index in [9.17, 15) is 18.0 Å². The third-order valence-electron chi connectivity index (χ3n) is 4.23. The zero-order valence-corrected chi connectivity index (χ0v) is 17.1. The van der Waals surface area contributed by atoms with E-state index in [0.717, 1.165) is 16.3 Å². The van der Waals surface area contributed by atoms with E-state index in [1.54, 1.807) is 68.6 Å². The van der Waals surface area contributed by atoms with Gasteiger partial charge in [0.1, 0.15) is 12.3 Å². The van der Waals surface area contributed by atoms with Crippen LogP contribution in [0.1, 0.15) is 6.92 Å². The number of amides is 1. The van der Waals surface area contributed by atoms with Gasteiger partial charge in [0.15, 0.2) is 5.16 Å². The summed E-state index contributed by atoms with van der Waals surface area (Å²) in [5.74, 6) is 0.311. The van der Waals surface area contributed by atoms with Gasteiger partial charge in [0.25, 0.3) is 0 Å². The fourth-order valence-electron chi connectivity index (χ4n) is 2.75. The van der Waals surface area contributed by atoms with Crippen molar-refractivity contribution < 1.29 is 22.7 Å². The molecule has 30 heavy (non-hydrogen) atoms. The molecule has 0 radical (unpaired) electrons. The average molecular weight is 435 g/mol. The van der Waals surface area contributed by atoms with Crippen molar-refractivity contribution in [2.45, 2.75) is 30.1 Å². The van der Waals surface area contributed by atoms with E-state index >= 15 is 0 Å². The Morgan fingerprint density at radius 2 is 1.83 bits per heavy atom. The number of thioether (sulfide) groups is 1. The lowest BCUT2D eigenvalue weighted by molar-refractivity contribution is -0.141. The number of aromatic nitrogens is 2. The summed E-state index contributed by atoms with van der Waals surface area (Å²) < 4.78 is 45.7. The summed E-state index contributed by atoms with van der Waals surface area (Å²) in [4.78, 5) is 16.7. The predicted octanol–water partition coefficient (Wildman–Crippen LogP) is 5.24. The topological polar surface area (TPSA) is 56.1 Å². The van der Waals surface area contributed by atoms with Crippen molar-refractivity contribution in [1.82, 2.24) is 9.55 Å². The summed E-state index contributed by atoms with van der Waals surface area (Å²) in [5.41, 5.74) is 1.53. The third-order valence-corrected chi connectivity index (χ3v) is 5.34. The first-order chi connectivity index (χ1) is 14.3. The lowest BCUT2D eigenvalue weighted by Gasteiger charge is -2.16. The molecule has 1 atom stereocenters. The van der Waals surface area contributed by atoms with Crippen LogP contribution in [0.4, 0.5) is 18.9 Å². The van der Waals surface area contributed by atoms with Gasteiger partial charge in [0.2, 0.25) is 5.91 Å². The molecule has 5 nitrogen and oxygen atoms in total. The first-order valence-corrected chi connectivity index (χ1v) is 9.94. The lowest BCUT2D eigenvalue weighted by Crippen LogP contribution is -2.24. The highest BCUT2D eigenvalue weighted by Gasteiger charge is 2.31. The number of methoxy groups -OCH3 is 1. The highest BCUT2D eigenvalue weighted by molar-refractivity contribution is 8.00. The molecule has 158 valence electrons. The van der Waals surface area contributed by atoms with Gasteiger partial charge in [-0.2, -0.15) is 13.2 Å². The number of halogens is 3. The van der Waals surface area contributed by atoms with Crippen molar-refractivity contribution in [1.29, 1.82) is 0 Å². The number of nitrogens with zero attached hydrogens (tertiary/aromatic N) is 2. The van der Waals surface area contributed by atoms with Crippen LogP contribution in [-0.4, -0.2) is 34.0 Å². The van der Waals surface area contributed by atoms with Gasteiger partial charge in [-0.25, -0.2) is 4.98 Å². The number of nitrogens with one attached hydrogen (secondary N) is 1. The molecule has 0 aliphatic carbocycles. The molecule has 3 aromatic rings. The van der Waals surface area contributed by atoms with Gasteiger partial charge in [-0.1, -0.05) is 42.1 Å². The number of carbonyl (C=O) groups excluding carboxylic acids is 1. The van der Waals surface area contributed by atoms with Crippen LogP contribution in [0.3, 0.4) is 0 Å².